The number of methoxy groups -OCH3 is 1. The number of nitrogens with zero attached hydrogens (tertiary/aromatic N) is 1. The molecule has 0 radical (unpaired) electrons. The zero-order valence-electron chi connectivity index (χ0n) is 7.61. The van der Waals surface area contributed by atoms with Gasteiger partial charge in [0.25, 0.3) is 0 Å². The molecule has 0 aliphatic heterocycles. The quantitative estimate of drug-likeness (QED) is 0.638. The van der Waals surface area contributed by atoms with Gasteiger partial charge in [-0.15, -0.1) is 0 Å². The third-order valence-electron chi connectivity index (χ3n) is 1.40. The van der Waals surface area contributed by atoms with Gasteiger partial charge < -0.3 is 9.84 Å². The van der Waals surface area contributed by atoms with Crippen molar-refractivity contribution in [3.63, 3.8) is 0 Å². The molecule has 5 heteroatoms. The van der Waals surface area contributed by atoms with Crippen molar-refractivity contribution in [1.82, 2.24) is 5.06 Å². The van der Waals surface area contributed by atoms with Crippen LogP contribution in [-0.4, -0.2) is 43.6 Å². The molecular weight excluding hydrogens is 162 g/mol. The highest BCUT2D eigenvalue weighted by molar-refractivity contribution is 5.62. The van der Waals surface area contributed by atoms with Crippen molar-refractivity contribution in [2.45, 2.75) is 18.9 Å². The molecule has 0 spiro atoms. The second-order valence-electron chi connectivity index (χ2n) is 2.40. The van der Waals surface area contributed by atoms with Crippen molar-refractivity contribution in [1.29, 1.82) is 0 Å². The molecule has 5 nitrogen and oxygen atoms in total. The first-order valence-corrected chi connectivity index (χ1v) is 3.65. The van der Waals surface area contributed by atoms with Gasteiger partial charge in [0, 0.05) is 14.2 Å². The average Bonchev–Trinajstić information content (AvgIpc) is 2.86. The third-order valence-corrected chi connectivity index (χ3v) is 1.40. The number of rotatable bonds is 2. The Balaban J connectivity index is 0.000000211. The molecule has 0 heterocycles. The Morgan fingerprint density at radius 1 is 1.50 bits per heavy atom. The Bertz CT molecular complexity index is 135. The first-order chi connectivity index (χ1) is 5.61. The minimum absolute atomic E-state index is 0.634. The smallest absolute Gasteiger partial charge is 0.431 e. The third kappa shape index (κ3) is 5.94. The summed E-state index contributed by atoms with van der Waals surface area (Å²) in [7, 11) is 4.36. The molecule has 12 heavy (non-hydrogen) atoms. The number of carbonyl (C=O) groups is 1. The van der Waals surface area contributed by atoms with Crippen molar-refractivity contribution in [3.05, 3.63) is 0 Å². The molecule has 1 aliphatic carbocycles. The first kappa shape index (κ1) is 11.2. The molecule has 0 aromatic rings. The van der Waals surface area contributed by atoms with E-state index in [-0.39, 0.29) is 0 Å². The second kappa shape index (κ2) is 5.79. The Morgan fingerprint density at radius 3 is 2.00 bits per heavy atom. The fourth-order valence-corrected chi connectivity index (χ4v) is 0.382. The van der Waals surface area contributed by atoms with Crippen molar-refractivity contribution in [3.8, 4) is 0 Å². The van der Waals surface area contributed by atoms with Crippen LogP contribution in [0.4, 0.5) is 4.79 Å². The van der Waals surface area contributed by atoms with Crippen LogP contribution >= 0.6 is 0 Å². The zero-order valence-corrected chi connectivity index (χ0v) is 7.61. The molecule has 1 saturated carbocycles. The molecule has 0 aromatic carbocycles. The van der Waals surface area contributed by atoms with Gasteiger partial charge in [-0.05, 0) is 12.8 Å². The fourth-order valence-electron chi connectivity index (χ4n) is 0.382. The van der Waals surface area contributed by atoms with Gasteiger partial charge in [-0.3, -0.25) is 4.84 Å². The molecule has 1 rings (SSSR count). The maximum absolute atomic E-state index is 9.73. The summed E-state index contributed by atoms with van der Waals surface area (Å²) >= 11 is 0. The van der Waals surface area contributed by atoms with Crippen LogP contribution in [-0.2, 0) is 9.57 Å². The van der Waals surface area contributed by atoms with E-state index in [1.165, 1.54) is 27.0 Å². The summed E-state index contributed by atoms with van der Waals surface area (Å²) in [5.41, 5.74) is 0. The van der Waals surface area contributed by atoms with E-state index in [9.17, 15) is 4.79 Å². The second-order valence-corrected chi connectivity index (χ2v) is 2.40. The highest BCUT2D eigenvalue weighted by atomic mass is 16.7. The maximum atomic E-state index is 9.73. The van der Waals surface area contributed by atoms with Gasteiger partial charge >= 0.3 is 6.09 Å². The molecule has 1 N–H and O–H groups in total. The van der Waals surface area contributed by atoms with Crippen LogP contribution in [0, 0.1) is 0 Å². The van der Waals surface area contributed by atoms with Crippen LogP contribution < -0.4 is 0 Å². The lowest BCUT2D eigenvalue weighted by Gasteiger charge is -2.06. The van der Waals surface area contributed by atoms with Crippen molar-refractivity contribution in [2.24, 2.45) is 0 Å². The Labute approximate surface area is 71.8 Å². The fraction of sp³-hybridized carbons (Fsp3) is 0.857. The minimum atomic E-state index is -1.09. The molecule has 72 valence electrons. The lowest BCUT2D eigenvalue weighted by molar-refractivity contribution is -0.0819. The number of hydrogen-bond acceptors (Lipinski definition) is 3. The van der Waals surface area contributed by atoms with Crippen LogP contribution in [0.5, 0.6) is 0 Å². The van der Waals surface area contributed by atoms with Crippen molar-refractivity contribution in [2.75, 3.05) is 21.3 Å². The number of ether oxygens (including phenoxy) is 1. The van der Waals surface area contributed by atoms with E-state index >= 15 is 0 Å². The van der Waals surface area contributed by atoms with Crippen LogP contribution in [0.1, 0.15) is 12.8 Å². The standard InChI is InChI=1S/C4H8O.C3H7NO3/c1-5-4-2-3-4;1-4(7-2)3(5)6/h4H,2-3H2,1H3;1-2H3,(H,5,6). The summed E-state index contributed by atoms with van der Waals surface area (Å²) in [6.45, 7) is 0. The lowest BCUT2D eigenvalue weighted by Crippen LogP contribution is -2.22. The molecule has 0 saturated heterocycles. The Hall–Kier alpha value is -0.810. The molecule has 0 aromatic heterocycles. The van der Waals surface area contributed by atoms with Gasteiger partial charge in [-0.2, -0.15) is 5.06 Å². The number of amides is 1. The van der Waals surface area contributed by atoms with Gasteiger partial charge in [0.2, 0.25) is 0 Å². The van der Waals surface area contributed by atoms with Crippen LogP contribution in [0.15, 0.2) is 0 Å². The summed E-state index contributed by atoms with van der Waals surface area (Å²) < 4.78 is 4.86. The summed E-state index contributed by atoms with van der Waals surface area (Å²) in [6, 6.07) is 0. The molecule has 0 unspecified atom stereocenters. The minimum Gasteiger partial charge on any atom is -0.463 e. The Kier molecular flexibility index (Phi) is 5.40. The van der Waals surface area contributed by atoms with E-state index in [0.29, 0.717) is 11.2 Å². The zero-order chi connectivity index (χ0) is 9.56. The van der Waals surface area contributed by atoms with Gasteiger partial charge in [0.1, 0.15) is 0 Å². The summed E-state index contributed by atoms with van der Waals surface area (Å²) in [5.74, 6) is 0. The highest BCUT2D eigenvalue weighted by Crippen LogP contribution is 2.21. The van der Waals surface area contributed by atoms with Crippen LogP contribution in [0.25, 0.3) is 0 Å². The van der Waals surface area contributed by atoms with Gasteiger partial charge in [-0.25, -0.2) is 4.79 Å². The topological polar surface area (TPSA) is 59.0 Å². The number of hydrogen-bond donors (Lipinski definition) is 1. The summed E-state index contributed by atoms with van der Waals surface area (Å²) in [6.07, 6.45) is 2.12. The molecule has 0 bridgehead atoms. The van der Waals surface area contributed by atoms with E-state index in [4.69, 9.17) is 9.84 Å². The summed E-state index contributed by atoms with van der Waals surface area (Å²) in [5, 5.41) is 8.69. The van der Waals surface area contributed by atoms with E-state index in [1.54, 1.807) is 7.11 Å². The van der Waals surface area contributed by atoms with Crippen molar-refractivity contribution < 1.29 is 19.5 Å². The Morgan fingerprint density at radius 2 is 2.00 bits per heavy atom. The lowest BCUT2D eigenvalue weighted by atomic mass is 10.9. The molecule has 1 fully saturated rings. The molecule has 1 amide bonds. The van der Waals surface area contributed by atoms with E-state index in [0.717, 1.165) is 0 Å². The SMILES string of the molecule is COC1CC1.CON(C)C(=O)O. The largest absolute Gasteiger partial charge is 0.463 e. The predicted octanol–water partition coefficient (Wildman–Crippen LogP) is 0.953. The van der Waals surface area contributed by atoms with E-state index in [1.807, 2.05) is 0 Å². The predicted molar refractivity (Wildman–Crippen MR) is 42.8 cm³/mol. The molecular formula is C7H15NO4. The first-order valence-electron chi connectivity index (χ1n) is 3.65. The number of carboxylic acid groups (broad SMARTS) is 1. The van der Waals surface area contributed by atoms with Crippen LogP contribution in [0.3, 0.4) is 0 Å². The molecule has 0 atom stereocenters. The van der Waals surface area contributed by atoms with E-state index < -0.39 is 6.09 Å². The van der Waals surface area contributed by atoms with E-state index in [2.05, 4.69) is 4.84 Å². The van der Waals surface area contributed by atoms with Gasteiger partial charge in [0.05, 0.1) is 13.2 Å². The highest BCUT2D eigenvalue weighted by Gasteiger charge is 2.19. The average molecular weight is 177 g/mol. The van der Waals surface area contributed by atoms with Crippen LogP contribution in [0.2, 0.25) is 0 Å². The summed E-state index contributed by atoms with van der Waals surface area (Å²) in [4.78, 5) is 14.0. The normalized spacial score (nSPS) is 14.6. The van der Waals surface area contributed by atoms with Crippen molar-refractivity contribution >= 4 is 6.09 Å². The maximum Gasteiger partial charge on any atom is 0.431 e. The molecule has 1 aliphatic rings. The monoisotopic (exact) mass is 177 g/mol. The van der Waals surface area contributed by atoms with Gasteiger partial charge in [0.15, 0.2) is 0 Å². The van der Waals surface area contributed by atoms with Gasteiger partial charge in [-0.1, -0.05) is 0 Å². The number of hydroxylamine groups is 2.